The Hall–Kier alpha value is -2.82. The normalized spacial score (nSPS) is 11.5. The van der Waals surface area contributed by atoms with Crippen LogP contribution < -0.4 is 5.69 Å². The van der Waals surface area contributed by atoms with Crippen LogP contribution >= 0.6 is 0 Å². The number of benzene rings is 1. The van der Waals surface area contributed by atoms with E-state index in [1.54, 1.807) is 0 Å². The number of hydrogen-bond donors (Lipinski definition) is 3. The van der Waals surface area contributed by atoms with Crippen molar-refractivity contribution in [3.63, 3.8) is 0 Å². The van der Waals surface area contributed by atoms with Gasteiger partial charge in [0.2, 0.25) is 0 Å². The van der Waals surface area contributed by atoms with Crippen LogP contribution in [0.2, 0.25) is 0 Å². The topological polar surface area (TPSA) is 77.3 Å². The van der Waals surface area contributed by atoms with E-state index >= 15 is 0 Å². The Kier molecular flexibility index (Phi) is 2.47. The van der Waals surface area contributed by atoms with Crippen LogP contribution in [0.25, 0.3) is 33.2 Å². The Morgan fingerprint density at radius 2 is 2.14 bits per heavy atom. The van der Waals surface area contributed by atoms with Gasteiger partial charge in [-0.1, -0.05) is 19.1 Å². The second-order valence-electron chi connectivity index (χ2n) is 5.09. The molecular weight excluding hydrogens is 264 g/mol. The minimum absolute atomic E-state index is 0.192. The maximum atomic E-state index is 11.5. The molecule has 0 spiro atoms. The zero-order valence-electron chi connectivity index (χ0n) is 11.5. The van der Waals surface area contributed by atoms with Gasteiger partial charge in [0.05, 0.1) is 11.0 Å². The van der Waals surface area contributed by atoms with Gasteiger partial charge >= 0.3 is 5.69 Å². The molecule has 0 amide bonds. The minimum atomic E-state index is -0.192. The molecule has 0 aliphatic heterocycles. The average molecular weight is 278 g/mol. The first-order valence-electron chi connectivity index (χ1n) is 6.93. The molecule has 0 aliphatic rings. The summed E-state index contributed by atoms with van der Waals surface area (Å²) in [6.07, 6.45) is 4.79. The SMILES string of the molecule is CCc1c[nH]c2ncc(-c3cccc4[nH]c(=O)[nH]c34)cc12. The van der Waals surface area contributed by atoms with E-state index in [2.05, 4.69) is 32.9 Å². The molecule has 3 aromatic heterocycles. The van der Waals surface area contributed by atoms with Crippen molar-refractivity contribution in [2.45, 2.75) is 13.3 Å². The Morgan fingerprint density at radius 3 is 3.00 bits per heavy atom. The van der Waals surface area contributed by atoms with Crippen LogP contribution in [0.3, 0.4) is 0 Å². The van der Waals surface area contributed by atoms with Crippen molar-refractivity contribution in [1.82, 2.24) is 19.9 Å². The second kappa shape index (κ2) is 4.34. The summed E-state index contributed by atoms with van der Waals surface area (Å²) < 4.78 is 0. The highest BCUT2D eigenvalue weighted by atomic mass is 16.1. The Labute approximate surface area is 120 Å². The van der Waals surface area contributed by atoms with Crippen molar-refractivity contribution in [1.29, 1.82) is 0 Å². The number of nitrogens with one attached hydrogen (secondary N) is 3. The fourth-order valence-corrected chi connectivity index (χ4v) is 2.80. The zero-order chi connectivity index (χ0) is 14.4. The van der Waals surface area contributed by atoms with Crippen LogP contribution in [-0.2, 0) is 6.42 Å². The molecule has 5 heteroatoms. The number of hydrogen-bond acceptors (Lipinski definition) is 2. The smallest absolute Gasteiger partial charge is 0.323 e. The molecule has 0 saturated carbocycles. The fourth-order valence-electron chi connectivity index (χ4n) is 2.80. The predicted molar refractivity (Wildman–Crippen MR) is 83.4 cm³/mol. The predicted octanol–water partition coefficient (Wildman–Crippen LogP) is 2.96. The molecule has 3 N–H and O–H groups in total. The largest absolute Gasteiger partial charge is 0.346 e. The Morgan fingerprint density at radius 1 is 1.24 bits per heavy atom. The lowest BCUT2D eigenvalue weighted by molar-refractivity contribution is 1.15. The lowest BCUT2D eigenvalue weighted by atomic mass is 10.0. The summed E-state index contributed by atoms with van der Waals surface area (Å²) in [7, 11) is 0. The number of fused-ring (bicyclic) bond motifs is 2. The Balaban J connectivity index is 2.01. The van der Waals surface area contributed by atoms with Gasteiger partial charge in [0.25, 0.3) is 0 Å². The standard InChI is InChI=1S/C16H14N4O/c1-2-9-7-17-15-12(9)6-10(8-18-15)11-4-3-5-13-14(11)20-16(21)19-13/h3-8H,2H2,1H3,(H,17,18)(H2,19,20,21). The fraction of sp³-hybridized carbons (Fsp3) is 0.125. The van der Waals surface area contributed by atoms with Gasteiger partial charge in [-0.2, -0.15) is 0 Å². The average Bonchev–Trinajstić information content (AvgIpc) is 3.07. The number of nitrogens with zero attached hydrogens (tertiary/aromatic N) is 1. The first-order valence-corrected chi connectivity index (χ1v) is 6.93. The molecule has 0 unspecified atom stereocenters. The van der Waals surface area contributed by atoms with Crippen molar-refractivity contribution >= 4 is 22.1 Å². The molecule has 0 bridgehead atoms. The van der Waals surface area contributed by atoms with Gasteiger partial charge < -0.3 is 15.0 Å². The molecule has 21 heavy (non-hydrogen) atoms. The third-order valence-electron chi connectivity index (χ3n) is 3.86. The number of rotatable bonds is 2. The van der Waals surface area contributed by atoms with Crippen molar-refractivity contribution in [2.24, 2.45) is 0 Å². The summed E-state index contributed by atoms with van der Waals surface area (Å²) in [4.78, 5) is 24.8. The molecule has 4 aromatic rings. The summed E-state index contributed by atoms with van der Waals surface area (Å²) in [5.41, 5.74) is 5.54. The van der Waals surface area contributed by atoms with E-state index in [0.717, 1.165) is 39.6 Å². The summed E-state index contributed by atoms with van der Waals surface area (Å²) in [6, 6.07) is 7.94. The molecule has 104 valence electrons. The monoisotopic (exact) mass is 278 g/mol. The maximum Gasteiger partial charge on any atom is 0.323 e. The maximum absolute atomic E-state index is 11.5. The van der Waals surface area contributed by atoms with Crippen molar-refractivity contribution in [3.05, 3.63) is 52.7 Å². The van der Waals surface area contributed by atoms with Crippen LogP contribution in [-0.4, -0.2) is 19.9 Å². The van der Waals surface area contributed by atoms with Gasteiger partial charge in [-0.15, -0.1) is 0 Å². The Bertz CT molecular complexity index is 1010. The van der Waals surface area contributed by atoms with Crippen LogP contribution in [0.15, 0.2) is 41.5 Å². The lowest BCUT2D eigenvalue weighted by Crippen LogP contribution is -1.99. The van der Waals surface area contributed by atoms with E-state index in [0.29, 0.717) is 0 Å². The van der Waals surface area contributed by atoms with E-state index in [4.69, 9.17) is 0 Å². The molecular formula is C16H14N4O. The molecule has 0 radical (unpaired) electrons. The number of aryl methyl sites for hydroxylation is 1. The van der Waals surface area contributed by atoms with Crippen molar-refractivity contribution in [2.75, 3.05) is 0 Å². The van der Waals surface area contributed by atoms with Gasteiger partial charge in [0.15, 0.2) is 0 Å². The van der Waals surface area contributed by atoms with Gasteiger partial charge in [-0.3, -0.25) is 0 Å². The third kappa shape index (κ3) is 1.78. The molecule has 3 heterocycles. The van der Waals surface area contributed by atoms with Crippen LogP contribution in [0.5, 0.6) is 0 Å². The van der Waals surface area contributed by atoms with Crippen LogP contribution in [0, 0.1) is 0 Å². The summed E-state index contributed by atoms with van der Waals surface area (Å²) >= 11 is 0. The van der Waals surface area contributed by atoms with Gasteiger partial charge in [-0.05, 0) is 24.1 Å². The molecule has 0 saturated heterocycles. The summed E-state index contributed by atoms with van der Waals surface area (Å²) in [5, 5.41) is 1.13. The molecule has 0 fully saturated rings. The van der Waals surface area contributed by atoms with Crippen molar-refractivity contribution < 1.29 is 0 Å². The van der Waals surface area contributed by atoms with E-state index in [-0.39, 0.29) is 5.69 Å². The first kappa shape index (κ1) is 12.0. The second-order valence-corrected chi connectivity index (χ2v) is 5.09. The van der Waals surface area contributed by atoms with Gasteiger partial charge in [0.1, 0.15) is 5.65 Å². The van der Waals surface area contributed by atoms with Crippen LogP contribution in [0.4, 0.5) is 0 Å². The van der Waals surface area contributed by atoms with Gasteiger partial charge in [-0.25, -0.2) is 9.78 Å². The molecule has 4 rings (SSSR count). The number of imidazole rings is 1. The molecule has 5 nitrogen and oxygen atoms in total. The molecule has 1 aromatic carbocycles. The minimum Gasteiger partial charge on any atom is -0.346 e. The summed E-state index contributed by atoms with van der Waals surface area (Å²) in [6.45, 7) is 2.12. The van der Waals surface area contributed by atoms with E-state index < -0.39 is 0 Å². The zero-order valence-corrected chi connectivity index (χ0v) is 11.5. The van der Waals surface area contributed by atoms with E-state index in [1.165, 1.54) is 5.56 Å². The molecule has 0 atom stereocenters. The number of aromatic amines is 3. The highest BCUT2D eigenvalue weighted by Crippen LogP contribution is 2.28. The van der Waals surface area contributed by atoms with Crippen molar-refractivity contribution in [3.8, 4) is 11.1 Å². The quantitative estimate of drug-likeness (QED) is 0.527. The lowest BCUT2D eigenvalue weighted by Gasteiger charge is -2.04. The van der Waals surface area contributed by atoms with E-state index in [9.17, 15) is 4.79 Å². The number of H-pyrrole nitrogens is 3. The molecule has 0 aliphatic carbocycles. The third-order valence-corrected chi connectivity index (χ3v) is 3.86. The number of para-hydroxylation sites is 1. The highest BCUT2D eigenvalue weighted by molar-refractivity contribution is 5.94. The summed E-state index contributed by atoms with van der Waals surface area (Å²) in [5.74, 6) is 0. The van der Waals surface area contributed by atoms with E-state index in [1.807, 2.05) is 30.6 Å². The van der Waals surface area contributed by atoms with Crippen LogP contribution in [0.1, 0.15) is 12.5 Å². The van der Waals surface area contributed by atoms with Gasteiger partial charge in [0, 0.05) is 28.9 Å². The first-order chi connectivity index (χ1) is 10.3. The highest BCUT2D eigenvalue weighted by Gasteiger charge is 2.10. The number of pyridine rings is 1. The number of aromatic nitrogens is 4.